The highest BCUT2D eigenvalue weighted by Gasteiger charge is 2.41. The minimum absolute atomic E-state index is 0.0450. The van der Waals surface area contributed by atoms with E-state index in [1.807, 2.05) is 91.9 Å². The van der Waals surface area contributed by atoms with E-state index in [1.54, 1.807) is 13.8 Å². The average molecular weight is 530 g/mol. The summed E-state index contributed by atoms with van der Waals surface area (Å²) in [5.41, 5.74) is 3.37. The molecular formula is C31H32NO5P. The van der Waals surface area contributed by atoms with Crippen molar-refractivity contribution < 1.29 is 23.6 Å². The summed E-state index contributed by atoms with van der Waals surface area (Å²) >= 11 is 0. The van der Waals surface area contributed by atoms with Crippen molar-refractivity contribution in [3.8, 4) is 0 Å². The number of allylic oxidation sites excluding steroid dienone is 2. The summed E-state index contributed by atoms with van der Waals surface area (Å²) in [6.07, 6.45) is 0.0450. The van der Waals surface area contributed by atoms with Crippen molar-refractivity contribution in [1.82, 2.24) is 5.32 Å². The molecule has 7 heteroatoms. The first-order valence-electron chi connectivity index (χ1n) is 12.5. The van der Waals surface area contributed by atoms with Gasteiger partial charge in [0.1, 0.15) is 7.14 Å². The zero-order valence-electron chi connectivity index (χ0n) is 22.1. The number of carbonyl (C=O) groups is 2. The molecule has 0 amide bonds. The lowest BCUT2D eigenvalue weighted by atomic mass is 9.80. The molecule has 0 radical (unpaired) electrons. The summed E-state index contributed by atoms with van der Waals surface area (Å²) < 4.78 is 25.6. The van der Waals surface area contributed by atoms with Crippen LogP contribution in [0.5, 0.6) is 0 Å². The number of benzene rings is 3. The molecule has 196 valence electrons. The highest BCUT2D eigenvalue weighted by Crippen LogP contribution is 2.48. The summed E-state index contributed by atoms with van der Waals surface area (Å²) in [5.74, 6) is -1.86. The van der Waals surface area contributed by atoms with Gasteiger partial charge in [0.25, 0.3) is 0 Å². The Morgan fingerprint density at radius 2 is 1.37 bits per heavy atom. The van der Waals surface area contributed by atoms with Crippen LogP contribution in [0.4, 0.5) is 0 Å². The number of nitrogens with one attached hydrogen (secondary N) is 1. The first-order valence-corrected chi connectivity index (χ1v) is 14.4. The lowest BCUT2D eigenvalue weighted by molar-refractivity contribution is -0.139. The third kappa shape index (κ3) is 5.36. The van der Waals surface area contributed by atoms with Crippen molar-refractivity contribution in [3.05, 3.63) is 119 Å². The second kappa shape index (κ2) is 11.7. The van der Waals surface area contributed by atoms with E-state index in [1.165, 1.54) is 7.11 Å². The maximum Gasteiger partial charge on any atom is 0.336 e. The summed E-state index contributed by atoms with van der Waals surface area (Å²) in [5, 5.41) is 4.62. The van der Waals surface area contributed by atoms with Crippen LogP contribution in [-0.2, 0) is 23.6 Å². The number of dihydropyridines is 1. The van der Waals surface area contributed by atoms with Crippen molar-refractivity contribution in [2.45, 2.75) is 26.7 Å². The van der Waals surface area contributed by atoms with E-state index in [4.69, 9.17) is 9.47 Å². The van der Waals surface area contributed by atoms with E-state index < -0.39 is 25.0 Å². The molecule has 1 aliphatic rings. The highest BCUT2D eigenvalue weighted by atomic mass is 31.2. The number of carbonyl (C=O) groups excluding carboxylic acids is 2. The average Bonchev–Trinajstić information content (AvgIpc) is 2.93. The molecule has 3 aromatic rings. The normalized spacial score (nSPS) is 15.6. The third-order valence-corrected chi connectivity index (χ3v) is 9.71. The number of ether oxygens (including phenoxy) is 2. The van der Waals surface area contributed by atoms with Crippen LogP contribution in [0.1, 0.15) is 30.9 Å². The molecule has 0 spiro atoms. The number of aryl methyl sites for hydroxylation is 1. The number of hydrogen-bond acceptors (Lipinski definition) is 6. The van der Waals surface area contributed by atoms with Gasteiger partial charge >= 0.3 is 11.9 Å². The van der Waals surface area contributed by atoms with Crippen LogP contribution in [0.3, 0.4) is 0 Å². The van der Waals surface area contributed by atoms with Gasteiger partial charge in [0.05, 0.1) is 30.8 Å². The van der Waals surface area contributed by atoms with Crippen LogP contribution < -0.4 is 15.9 Å². The molecule has 0 aliphatic carbocycles. The molecule has 4 rings (SSSR count). The second-order valence-corrected chi connectivity index (χ2v) is 12.0. The maximum atomic E-state index is 14.9. The summed E-state index contributed by atoms with van der Waals surface area (Å²) in [6.45, 7) is 5.63. The van der Waals surface area contributed by atoms with Gasteiger partial charge in [0.15, 0.2) is 0 Å². The van der Waals surface area contributed by atoms with Crippen molar-refractivity contribution in [2.24, 2.45) is 0 Å². The van der Waals surface area contributed by atoms with Gasteiger partial charge in [0, 0.05) is 28.2 Å². The lowest BCUT2D eigenvalue weighted by Crippen LogP contribution is -2.35. The molecule has 1 N–H and O–H groups in total. The van der Waals surface area contributed by atoms with Gasteiger partial charge in [-0.1, -0.05) is 90.5 Å². The number of rotatable bonds is 8. The quantitative estimate of drug-likeness (QED) is 0.328. The molecule has 1 heterocycles. The van der Waals surface area contributed by atoms with Crippen LogP contribution in [0.25, 0.3) is 0 Å². The predicted octanol–water partition coefficient (Wildman–Crippen LogP) is 4.96. The number of esters is 2. The molecular weight excluding hydrogens is 497 g/mol. The first-order chi connectivity index (χ1) is 18.3. The van der Waals surface area contributed by atoms with Gasteiger partial charge in [-0.2, -0.15) is 0 Å². The fraction of sp³-hybridized carbons (Fsp3) is 0.226. The molecule has 0 saturated heterocycles. The smallest absolute Gasteiger partial charge is 0.336 e. The predicted molar refractivity (Wildman–Crippen MR) is 150 cm³/mol. The maximum absolute atomic E-state index is 14.9. The van der Waals surface area contributed by atoms with Gasteiger partial charge in [-0.25, -0.2) is 9.59 Å². The Morgan fingerprint density at radius 1 is 0.816 bits per heavy atom. The van der Waals surface area contributed by atoms with Crippen molar-refractivity contribution in [1.29, 1.82) is 0 Å². The molecule has 0 aromatic heterocycles. The lowest BCUT2D eigenvalue weighted by Gasteiger charge is -2.33. The third-order valence-electron chi connectivity index (χ3n) is 6.68. The van der Waals surface area contributed by atoms with Gasteiger partial charge < -0.3 is 19.4 Å². The molecule has 1 aliphatic heterocycles. The van der Waals surface area contributed by atoms with Gasteiger partial charge in [-0.3, -0.25) is 0 Å². The molecule has 0 fully saturated rings. The summed E-state index contributed by atoms with van der Waals surface area (Å²) in [4.78, 5) is 26.6. The molecule has 6 nitrogen and oxygen atoms in total. The largest absolute Gasteiger partial charge is 0.466 e. The molecule has 3 aromatic carbocycles. The highest BCUT2D eigenvalue weighted by molar-refractivity contribution is 7.78. The van der Waals surface area contributed by atoms with Crippen molar-refractivity contribution in [3.63, 3.8) is 0 Å². The molecule has 0 saturated carbocycles. The molecule has 0 unspecified atom stereocenters. The Kier molecular flexibility index (Phi) is 8.33. The van der Waals surface area contributed by atoms with E-state index in [0.717, 1.165) is 11.1 Å². The fourth-order valence-electron chi connectivity index (χ4n) is 4.84. The monoisotopic (exact) mass is 529 g/mol. The Hall–Kier alpha value is -3.89. The van der Waals surface area contributed by atoms with Crippen LogP contribution in [0.2, 0.25) is 0 Å². The molecule has 1 atom stereocenters. The van der Waals surface area contributed by atoms with E-state index in [0.29, 0.717) is 27.6 Å². The molecule has 38 heavy (non-hydrogen) atoms. The number of hydrogen-bond donors (Lipinski definition) is 1. The number of methoxy groups -OCH3 is 1. The van der Waals surface area contributed by atoms with E-state index >= 15 is 0 Å². The Balaban J connectivity index is 1.97. The van der Waals surface area contributed by atoms with E-state index in [9.17, 15) is 14.2 Å². The van der Waals surface area contributed by atoms with Gasteiger partial charge in [-0.05, 0) is 26.3 Å². The Morgan fingerprint density at radius 3 is 1.87 bits per heavy atom. The summed E-state index contributed by atoms with van der Waals surface area (Å²) in [7, 11) is -1.94. The second-order valence-electron chi connectivity index (χ2n) is 9.18. The minimum Gasteiger partial charge on any atom is -0.466 e. The zero-order valence-corrected chi connectivity index (χ0v) is 23.0. The SMILES string of the molecule is CCOC(=O)C1=C(CP(=O)(c2ccccc2)c2ccccc2)NC(C)=C(C(=O)OC)[C@H]1c1ccc(C)cc1. The standard InChI is InChI=1S/C31H32NO5P/c1-5-37-31(34)29-26(20-38(35,24-12-8-6-9-13-24)25-14-10-7-11-15-25)32-22(3)27(30(33)36-4)28(29)23-18-16-21(2)17-19-23/h6-19,28,32H,5,20H2,1-4H3/t28-/m1/s1. The Labute approximate surface area is 223 Å². The van der Waals surface area contributed by atoms with E-state index in [-0.39, 0.29) is 18.3 Å². The van der Waals surface area contributed by atoms with E-state index in [2.05, 4.69) is 5.32 Å². The Bertz CT molecular complexity index is 1380. The van der Waals surface area contributed by atoms with Crippen LogP contribution >= 0.6 is 7.14 Å². The molecule has 0 bridgehead atoms. The fourth-order valence-corrected chi connectivity index (χ4v) is 7.50. The van der Waals surface area contributed by atoms with Crippen LogP contribution in [0.15, 0.2) is 107 Å². The minimum atomic E-state index is -3.26. The van der Waals surface area contributed by atoms with Crippen LogP contribution in [-0.4, -0.2) is 31.8 Å². The van der Waals surface area contributed by atoms with Gasteiger partial charge in [0.2, 0.25) is 0 Å². The van der Waals surface area contributed by atoms with Gasteiger partial charge in [-0.15, -0.1) is 0 Å². The topological polar surface area (TPSA) is 81.7 Å². The first kappa shape index (κ1) is 27.2. The zero-order chi connectivity index (χ0) is 27.3. The van der Waals surface area contributed by atoms with Crippen LogP contribution in [0, 0.1) is 6.92 Å². The summed E-state index contributed by atoms with van der Waals surface area (Å²) in [6, 6.07) is 26.2. The van der Waals surface area contributed by atoms with Crippen molar-refractivity contribution >= 4 is 29.7 Å². The van der Waals surface area contributed by atoms with Crippen molar-refractivity contribution in [2.75, 3.05) is 19.9 Å².